The lowest BCUT2D eigenvalue weighted by molar-refractivity contribution is 0.554. The molecule has 76 valence electrons. The molecule has 2 N–H and O–H groups in total. The quantitative estimate of drug-likeness (QED) is 0.790. The number of nitrogens with zero attached hydrogens (tertiary/aromatic N) is 1. The Morgan fingerprint density at radius 3 is 2.79 bits per heavy atom. The van der Waals surface area contributed by atoms with Crippen LogP contribution in [0.1, 0.15) is 24.6 Å². The highest BCUT2D eigenvalue weighted by molar-refractivity contribution is 5.13. The van der Waals surface area contributed by atoms with Crippen LogP contribution in [0, 0.1) is 18.8 Å². The van der Waals surface area contributed by atoms with Crippen LogP contribution in [-0.4, -0.2) is 11.0 Å². The van der Waals surface area contributed by atoms with Gasteiger partial charge in [-0.05, 0) is 36.8 Å². The summed E-state index contributed by atoms with van der Waals surface area (Å²) in [4.78, 5) is 4.37. The third-order valence-corrected chi connectivity index (χ3v) is 3.14. The van der Waals surface area contributed by atoms with Gasteiger partial charge in [0, 0.05) is 24.4 Å². The van der Waals surface area contributed by atoms with E-state index in [0.717, 1.165) is 24.0 Å². The van der Waals surface area contributed by atoms with Crippen LogP contribution in [0.5, 0.6) is 0 Å². The van der Waals surface area contributed by atoms with Gasteiger partial charge in [0.1, 0.15) is 0 Å². The molecule has 0 aliphatic heterocycles. The zero-order valence-electron chi connectivity index (χ0n) is 8.90. The highest BCUT2D eigenvalue weighted by Crippen LogP contribution is 2.40. The Hall–Kier alpha value is -0.890. The van der Waals surface area contributed by atoms with Gasteiger partial charge in [-0.15, -0.1) is 0 Å². The standard InChI is InChI=1S/C12H18N2/c1-8-3-4-10(14-7-8)6-12(13)11-5-9(11)2/h3-4,7,9,11-12H,5-6,13H2,1-2H3. The SMILES string of the molecule is Cc1ccc(CC(N)C2CC2C)nc1. The summed E-state index contributed by atoms with van der Waals surface area (Å²) in [5, 5.41) is 0. The van der Waals surface area contributed by atoms with Crippen molar-refractivity contribution in [3.63, 3.8) is 0 Å². The van der Waals surface area contributed by atoms with Crippen LogP contribution in [0.4, 0.5) is 0 Å². The van der Waals surface area contributed by atoms with Crippen LogP contribution in [-0.2, 0) is 6.42 Å². The Labute approximate surface area is 85.5 Å². The van der Waals surface area contributed by atoms with Gasteiger partial charge in [-0.3, -0.25) is 4.98 Å². The van der Waals surface area contributed by atoms with Gasteiger partial charge in [0.05, 0.1) is 0 Å². The molecule has 1 saturated carbocycles. The van der Waals surface area contributed by atoms with E-state index in [0.29, 0.717) is 6.04 Å². The van der Waals surface area contributed by atoms with E-state index in [4.69, 9.17) is 5.73 Å². The molecule has 1 heterocycles. The first-order valence-electron chi connectivity index (χ1n) is 5.34. The molecule has 3 unspecified atom stereocenters. The van der Waals surface area contributed by atoms with Gasteiger partial charge in [0.25, 0.3) is 0 Å². The molecule has 2 nitrogen and oxygen atoms in total. The number of aryl methyl sites for hydroxylation is 1. The molecule has 1 aromatic heterocycles. The predicted molar refractivity (Wildman–Crippen MR) is 57.9 cm³/mol. The number of aromatic nitrogens is 1. The van der Waals surface area contributed by atoms with Crippen LogP contribution in [0.15, 0.2) is 18.3 Å². The molecule has 0 spiro atoms. The van der Waals surface area contributed by atoms with E-state index in [1.54, 1.807) is 0 Å². The van der Waals surface area contributed by atoms with Crippen molar-refractivity contribution in [2.24, 2.45) is 17.6 Å². The summed E-state index contributed by atoms with van der Waals surface area (Å²) in [5.41, 5.74) is 8.44. The average molecular weight is 190 g/mol. The summed E-state index contributed by atoms with van der Waals surface area (Å²) in [6.45, 7) is 4.33. The largest absolute Gasteiger partial charge is 0.327 e. The molecule has 0 bridgehead atoms. The summed E-state index contributed by atoms with van der Waals surface area (Å²) in [7, 11) is 0. The van der Waals surface area contributed by atoms with Gasteiger partial charge >= 0.3 is 0 Å². The van der Waals surface area contributed by atoms with Crippen molar-refractivity contribution >= 4 is 0 Å². The van der Waals surface area contributed by atoms with Crippen molar-refractivity contribution in [3.05, 3.63) is 29.6 Å². The molecule has 2 heteroatoms. The number of nitrogens with two attached hydrogens (primary N) is 1. The lowest BCUT2D eigenvalue weighted by Gasteiger charge is -2.09. The maximum atomic E-state index is 6.10. The molecule has 3 atom stereocenters. The van der Waals surface area contributed by atoms with Crippen LogP contribution in [0.3, 0.4) is 0 Å². The van der Waals surface area contributed by atoms with E-state index >= 15 is 0 Å². The van der Waals surface area contributed by atoms with Crippen molar-refractivity contribution in [1.29, 1.82) is 0 Å². The van der Waals surface area contributed by atoms with Crippen molar-refractivity contribution in [3.8, 4) is 0 Å². The van der Waals surface area contributed by atoms with Gasteiger partial charge in [0.15, 0.2) is 0 Å². The Bertz CT molecular complexity index is 305. The van der Waals surface area contributed by atoms with Gasteiger partial charge in [-0.2, -0.15) is 0 Å². The minimum absolute atomic E-state index is 0.306. The van der Waals surface area contributed by atoms with E-state index in [2.05, 4.69) is 31.0 Å². The maximum Gasteiger partial charge on any atom is 0.0419 e. The molecule has 1 aromatic rings. The van der Waals surface area contributed by atoms with Crippen molar-refractivity contribution < 1.29 is 0 Å². The third kappa shape index (κ3) is 2.13. The molecule has 0 aromatic carbocycles. The third-order valence-electron chi connectivity index (χ3n) is 3.14. The lowest BCUT2D eigenvalue weighted by Crippen LogP contribution is -2.26. The number of pyridine rings is 1. The summed E-state index contributed by atoms with van der Waals surface area (Å²) in [5.74, 6) is 1.56. The Balaban J connectivity index is 1.93. The second-order valence-corrected chi connectivity index (χ2v) is 4.57. The van der Waals surface area contributed by atoms with E-state index in [1.807, 2.05) is 6.20 Å². The normalized spacial score (nSPS) is 27.4. The zero-order valence-corrected chi connectivity index (χ0v) is 8.90. The molecule has 0 amide bonds. The van der Waals surface area contributed by atoms with Gasteiger partial charge in [0.2, 0.25) is 0 Å². The van der Waals surface area contributed by atoms with E-state index in [1.165, 1.54) is 12.0 Å². The van der Waals surface area contributed by atoms with Crippen LogP contribution >= 0.6 is 0 Å². The molecule has 1 fully saturated rings. The summed E-state index contributed by atoms with van der Waals surface area (Å²) in [6, 6.07) is 4.49. The van der Waals surface area contributed by atoms with Crippen molar-refractivity contribution in [1.82, 2.24) is 4.98 Å². The fourth-order valence-electron chi connectivity index (χ4n) is 1.96. The fraction of sp³-hybridized carbons (Fsp3) is 0.583. The van der Waals surface area contributed by atoms with Gasteiger partial charge < -0.3 is 5.73 Å². The topological polar surface area (TPSA) is 38.9 Å². The maximum absolute atomic E-state index is 6.10. The van der Waals surface area contributed by atoms with Crippen LogP contribution < -0.4 is 5.73 Å². The fourth-order valence-corrected chi connectivity index (χ4v) is 1.96. The number of hydrogen-bond acceptors (Lipinski definition) is 2. The molecule has 2 rings (SSSR count). The van der Waals surface area contributed by atoms with E-state index < -0.39 is 0 Å². The summed E-state index contributed by atoms with van der Waals surface area (Å²) >= 11 is 0. The molecular formula is C12H18N2. The Morgan fingerprint density at radius 2 is 2.29 bits per heavy atom. The minimum Gasteiger partial charge on any atom is -0.327 e. The van der Waals surface area contributed by atoms with Gasteiger partial charge in [-0.1, -0.05) is 13.0 Å². The molecule has 14 heavy (non-hydrogen) atoms. The van der Waals surface area contributed by atoms with Crippen LogP contribution in [0.25, 0.3) is 0 Å². The highest BCUT2D eigenvalue weighted by Gasteiger charge is 2.37. The highest BCUT2D eigenvalue weighted by atomic mass is 14.7. The van der Waals surface area contributed by atoms with E-state index in [-0.39, 0.29) is 0 Å². The summed E-state index contributed by atoms with van der Waals surface area (Å²) < 4.78 is 0. The monoisotopic (exact) mass is 190 g/mol. The molecule has 1 aliphatic rings. The van der Waals surface area contributed by atoms with Crippen molar-refractivity contribution in [2.75, 3.05) is 0 Å². The average Bonchev–Trinajstić information content (AvgIpc) is 2.87. The lowest BCUT2D eigenvalue weighted by atomic mass is 10.1. The second-order valence-electron chi connectivity index (χ2n) is 4.57. The van der Waals surface area contributed by atoms with Crippen LogP contribution in [0.2, 0.25) is 0 Å². The van der Waals surface area contributed by atoms with Crippen molar-refractivity contribution in [2.45, 2.75) is 32.7 Å². The van der Waals surface area contributed by atoms with E-state index in [9.17, 15) is 0 Å². The Kier molecular flexibility index (Phi) is 2.55. The predicted octanol–water partition coefficient (Wildman–Crippen LogP) is 1.92. The summed E-state index contributed by atoms with van der Waals surface area (Å²) in [6.07, 6.45) is 4.14. The number of rotatable bonds is 3. The zero-order chi connectivity index (χ0) is 10.1. The second kappa shape index (κ2) is 3.70. The molecule has 0 radical (unpaired) electrons. The molecule has 1 aliphatic carbocycles. The number of hydrogen-bond donors (Lipinski definition) is 1. The van der Waals surface area contributed by atoms with Gasteiger partial charge in [-0.25, -0.2) is 0 Å². The molecular weight excluding hydrogens is 172 g/mol. The molecule has 0 saturated heterocycles. The first-order chi connectivity index (χ1) is 6.66. The smallest absolute Gasteiger partial charge is 0.0419 e. The first kappa shape index (κ1) is 9.66. The Morgan fingerprint density at radius 1 is 1.57 bits per heavy atom. The minimum atomic E-state index is 0.306. The first-order valence-corrected chi connectivity index (χ1v) is 5.34.